The smallest absolute Gasteiger partial charge is 0.432 e. The molecule has 1 atom stereocenters. The lowest BCUT2D eigenvalue weighted by Gasteiger charge is -2.55. The van der Waals surface area contributed by atoms with Gasteiger partial charge >= 0.3 is 17.4 Å². The molecule has 4 saturated carbocycles. The summed E-state index contributed by atoms with van der Waals surface area (Å²) in [5, 5.41) is -3.00. The van der Waals surface area contributed by atoms with Crippen LogP contribution in [0.15, 0.2) is 78.9 Å². The predicted molar refractivity (Wildman–Crippen MR) is 156 cm³/mol. The molecule has 1 aromatic heterocycles. The van der Waals surface area contributed by atoms with Crippen LogP contribution in [0, 0.1) is 23.2 Å². The second-order valence-electron chi connectivity index (χ2n) is 12.2. The number of benzene rings is 3. The summed E-state index contributed by atoms with van der Waals surface area (Å²) in [6.07, 6.45) is -6.91. The normalized spacial score (nSPS) is 25.5. The molecule has 234 valence electrons. The van der Waals surface area contributed by atoms with Gasteiger partial charge in [0, 0.05) is 21.2 Å². The third-order valence-electron chi connectivity index (χ3n) is 9.12. The summed E-state index contributed by atoms with van der Waals surface area (Å²) in [6, 6.07) is 28.4. The molecule has 1 unspecified atom stereocenters. The summed E-state index contributed by atoms with van der Waals surface area (Å²) in [6.45, 7) is 0. The number of carbonyl (C=O) groups excluding carboxylic acids is 1. The second-order valence-corrected chi connectivity index (χ2v) is 15.6. The molecule has 0 spiro atoms. The van der Waals surface area contributed by atoms with E-state index in [9.17, 15) is 39.7 Å². The highest BCUT2D eigenvalue weighted by Gasteiger charge is 2.65. The zero-order valence-corrected chi connectivity index (χ0v) is 24.9. The molecule has 5 nitrogen and oxygen atoms in total. The van der Waals surface area contributed by atoms with E-state index in [1.165, 1.54) is 25.1 Å². The number of ether oxygens (including phenoxy) is 1. The van der Waals surface area contributed by atoms with Crippen molar-refractivity contribution < 1.29 is 44.5 Å². The molecule has 4 aliphatic carbocycles. The minimum Gasteiger partial charge on any atom is -0.743 e. The number of fused-ring (bicyclic) bond motifs is 3. The van der Waals surface area contributed by atoms with Crippen molar-refractivity contribution in [3.8, 4) is 4.90 Å². The molecule has 3 aromatic carbocycles. The lowest BCUT2D eigenvalue weighted by molar-refractivity contribution is -0.266. The molecular weight excluding hydrogens is 623 g/mol. The van der Waals surface area contributed by atoms with Gasteiger partial charge in [-0.1, -0.05) is 42.5 Å². The van der Waals surface area contributed by atoms with Gasteiger partial charge in [0.25, 0.3) is 6.10 Å². The van der Waals surface area contributed by atoms with Crippen molar-refractivity contribution in [1.29, 1.82) is 0 Å². The Morgan fingerprint density at radius 3 is 1.64 bits per heavy atom. The fourth-order valence-electron chi connectivity index (χ4n) is 7.71. The maximum absolute atomic E-state index is 13.5. The maximum atomic E-state index is 13.5. The van der Waals surface area contributed by atoms with Crippen LogP contribution in [0.4, 0.5) is 22.0 Å². The van der Waals surface area contributed by atoms with E-state index < -0.39 is 39.0 Å². The highest BCUT2D eigenvalue weighted by Crippen LogP contribution is 2.61. The van der Waals surface area contributed by atoms with E-state index in [4.69, 9.17) is 0 Å². The zero-order chi connectivity index (χ0) is 31.5. The average molecular weight is 653 g/mol. The number of alkyl halides is 5. The van der Waals surface area contributed by atoms with Crippen molar-refractivity contribution in [1.82, 2.24) is 0 Å². The predicted octanol–water partition coefficient (Wildman–Crippen LogP) is 8.55. The highest BCUT2D eigenvalue weighted by molar-refractivity contribution is 7.86. The minimum atomic E-state index is -6.67. The van der Waals surface area contributed by atoms with Crippen LogP contribution in [0.1, 0.15) is 38.5 Å². The van der Waals surface area contributed by atoms with Crippen molar-refractivity contribution in [2.24, 2.45) is 23.2 Å². The van der Waals surface area contributed by atoms with Crippen LogP contribution < -0.4 is 0 Å². The molecule has 4 aromatic rings. The van der Waals surface area contributed by atoms with E-state index in [1.807, 2.05) is 0 Å². The van der Waals surface area contributed by atoms with Crippen LogP contribution in [0.5, 0.6) is 0 Å². The molecule has 44 heavy (non-hydrogen) atoms. The summed E-state index contributed by atoms with van der Waals surface area (Å²) in [7, 11) is -6.61. The van der Waals surface area contributed by atoms with Crippen LogP contribution in [0.2, 0.25) is 0 Å². The van der Waals surface area contributed by atoms with Gasteiger partial charge in [0.1, 0.15) is 0 Å². The van der Waals surface area contributed by atoms with Gasteiger partial charge in [0.2, 0.25) is 0 Å². The Kier molecular flexibility index (Phi) is 7.77. The summed E-state index contributed by atoms with van der Waals surface area (Å²) < 4.78 is 104. The second kappa shape index (κ2) is 11.1. The molecule has 0 radical (unpaired) electrons. The Labute approximate surface area is 253 Å². The quantitative estimate of drug-likeness (QED) is 0.0934. The molecule has 0 aliphatic heterocycles. The molecule has 1 heterocycles. The van der Waals surface area contributed by atoms with Crippen molar-refractivity contribution in [3.63, 3.8) is 0 Å². The molecule has 4 bridgehead atoms. The van der Waals surface area contributed by atoms with E-state index in [-0.39, 0.29) is 47.5 Å². The Morgan fingerprint density at radius 1 is 0.773 bits per heavy atom. The van der Waals surface area contributed by atoms with Gasteiger partial charge in [-0.15, -0.1) is 0 Å². The first-order valence-corrected chi connectivity index (χ1v) is 16.9. The van der Waals surface area contributed by atoms with Gasteiger partial charge in [-0.05, 0) is 92.7 Å². The lowest BCUT2D eigenvalue weighted by Crippen LogP contribution is -2.56. The molecule has 0 amide bonds. The SMILES string of the molecule is O=C(OC(C(F)(F)F)C(F)(F)S(=O)(=O)[O-])C12CC3CC(CC(C3)C1)C2.c1ccc(-[s+]2c3ccccc3c3ccccc32)cc1. The number of halogens is 5. The Morgan fingerprint density at radius 2 is 1.20 bits per heavy atom. The number of rotatable bonds is 5. The van der Waals surface area contributed by atoms with E-state index >= 15 is 0 Å². The molecule has 4 aliphatic rings. The number of thiophene rings is 1. The van der Waals surface area contributed by atoms with Crippen molar-refractivity contribution in [2.45, 2.75) is 56.1 Å². The number of hydrogen-bond donors (Lipinski definition) is 0. The zero-order valence-electron chi connectivity index (χ0n) is 23.3. The Balaban J connectivity index is 0.000000161. The van der Waals surface area contributed by atoms with E-state index in [1.54, 1.807) is 0 Å². The molecule has 0 saturated heterocycles. The van der Waals surface area contributed by atoms with Crippen LogP contribution >= 0.6 is 10.5 Å². The minimum absolute atomic E-state index is 0.0594. The number of esters is 1. The van der Waals surface area contributed by atoms with Crippen molar-refractivity contribution in [2.75, 3.05) is 0 Å². The van der Waals surface area contributed by atoms with Gasteiger partial charge in [-0.3, -0.25) is 4.79 Å². The summed E-state index contributed by atoms with van der Waals surface area (Å²) >= 11 is 0. The van der Waals surface area contributed by atoms with Gasteiger partial charge < -0.3 is 9.29 Å². The Bertz CT molecular complexity index is 1710. The monoisotopic (exact) mass is 652 g/mol. The van der Waals surface area contributed by atoms with Crippen molar-refractivity contribution in [3.05, 3.63) is 78.9 Å². The van der Waals surface area contributed by atoms with Crippen LogP contribution in [-0.2, 0) is 19.6 Å². The first-order valence-electron chi connectivity index (χ1n) is 14.3. The topological polar surface area (TPSA) is 83.5 Å². The fraction of sp³-hybridized carbons (Fsp3) is 0.406. The van der Waals surface area contributed by atoms with Gasteiger partial charge in [0.05, 0.1) is 5.41 Å². The molecule has 0 N–H and O–H groups in total. The van der Waals surface area contributed by atoms with E-state index in [0.29, 0.717) is 0 Å². The van der Waals surface area contributed by atoms with Crippen molar-refractivity contribution >= 4 is 46.7 Å². The first-order chi connectivity index (χ1) is 20.7. The van der Waals surface area contributed by atoms with Crippen LogP contribution in [-0.4, -0.2) is 36.5 Å². The number of hydrogen-bond acceptors (Lipinski definition) is 5. The maximum Gasteiger partial charge on any atom is 0.432 e. The van der Waals surface area contributed by atoms with E-state index in [2.05, 4.69) is 83.6 Å². The van der Waals surface area contributed by atoms with Gasteiger partial charge in [-0.25, -0.2) is 8.42 Å². The van der Waals surface area contributed by atoms with Crippen LogP contribution in [0.25, 0.3) is 25.1 Å². The fourth-order valence-corrected chi connectivity index (χ4v) is 10.6. The highest BCUT2D eigenvalue weighted by atomic mass is 32.2. The first kappa shape index (κ1) is 30.9. The molecule has 4 fully saturated rings. The lowest BCUT2D eigenvalue weighted by atomic mass is 9.49. The van der Waals surface area contributed by atoms with E-state index in [0.717, 1.165) is 19.3 Å². The number of carbonyl (C=O) groups is 1. The van der Waals surface area contributed by atoms with Gasteiger partial charge in [0.15, 0.2) is 24.4 Å². The molecule has 12 heteroatoms. The standard InChI is InChI=1S/C18H13S.C14H17F5O5S/c1-2-8-14(9-3-1)19-17-12-6-4-10-15(17)16-11-5-7-13-18(16)19;15-13(16,17)10(14(18,19)25(21,22)23)24-11(20)12-4-7-1-8(5-12)3-9(2-7)6-12/h1-13H;7-10H,1-6H2,(H,21,22,23)/q+1;/p-1. The molecular formula is C32H29F5O5S2. The average Bonchev–Trinajstić information content (AvgIpc) is 3.29. The van der Waals surface area contributed by atoms with Crippen LogP contribution in [0.3, 0.4) is 0 Å². The molecule has 8 rings (SSSR count). The largest absolute Gasteiger partial charge is 0.743 e. The van der Waals surface area contributed by atoms with Gasteiger partial charge in [-0.2, -0.15) is 22.0 Å². The summed E-state index contributed by atoms with van der Waals surface area (Å²) in [5.74, 6) is -1.08. The summed E-state index contributed by atoms with van der Waals surface area (Å²) in [4.78, 5) is 13.8. The Hall–Kier alpha value is -3.09. The third-order valence-corrected chi connectivity index (χ3v) is 12.3. The summed E-state index contributed by atoms with van der Waals surface area (Å²) in [5.41, 5.74) is -1.29. The third kappa shape index (κ3) is 5.49.